The van der Waals surface area contributed by atoms with Crippen LogP contribution in [0.4, 0.5) is 4.39 Å². The Morgan fingerprint density at radius 3 is 2.77 bits per heavy atom. The molecule has 0 aliphatic carbocycles. The van der Waals surface area contributed by atoms with E-state index in [-0.39, 0.29) is 6.54 Å². The SMILES string of the molecule is CCCC(F)(CN)c1ccnn1C. The van der Waals surface area contributed by atoms with Gasteiger partial charge in [0.2, 0.25) is 0 Å². The van der Waals surface area contributed by atoms with Gasteiger partial charge in [-0.15, -0.1) is 0 Å². The maximum atomic E-state index is 14.2. The number of hydrogen-bond acceptors (Lipinski definition) is 2. The molecule has 0 saturated heterocycles. The molecule has 2 N–H and O–H groups in total. The first-order valence-electron chi connectivity index (χ1n) is 4.51. The van der Waals surface area contributed by atoms with Crippen molar-refractivity contribution in [3.63, 3.8) is 0 Å². The van der Waals surface area contributed by atoms with Crippen molar-refractivity contribution < 1.29 is 4.39 Å². The topological polar surface area (TPSA) is 43.8 Å². The minimum Gasteiger partial charge on any atom is -0.327 e. The predicted molar refractivity (Wildman–Crippen MR) is 50.0 cm³/mol. The molecule has 1 heterocycles. The average molecular weight is 185 g/mol. The number of nitrogens with two attached hydrogens (primary N) is 1. The fourth-order valence-corrected chi connectivity index (χ4v) is 1.54. The van der Waals surface area contributed by atoms with Crippen LogP contribution in [-0.4, -0.2) is 16.3 Å². The molecule has 0 aromatic carbocycles. The number of hydrogen-bond donors (Lipinski definition) is 1. The van der Waals surface area contributed by atoms with Crippen LogP contribution in [0.2, 0.25) is 0 Å². The first-order valence-corrected chi connectivity index (χ1v) is 4.51. The molecular formula is C9H16FN3. The Labute approximate surface area is 77.7 Å². The second kappa shape index (κ2) is 3.87. The molecule has 13 heavy (non-hydrogen) atoms. The molecule has 1 atom stereocenters. The number of aromatic nitrogens is 2. The largest absolute Gasteiger partial charge is 0.327 e. The highest BCUT2D eigenvalue weighted by atomic mass is 19.1. The standard InChI is InChI=1S/C9H16FN3/c1-3-5-9(10,7-11)8-4-6-12-13(8)2/h4,6H,3,5,7,11H2,1-2H3. The van der Waals surface area contributed by atoms with Crippen LogP contribution in [0, 0.1) is 0 Å². The summed E-state index contributed by atoms with van der Waals surface area (Å²) in [5.41, 5.74) is 4.59. The van der Waals surface area contributed by atoms with Gasteiger partial charge in [0.25, 0.3) is 0 Å². The summed E-state index contributed by atoms with van der Waals surface area (Å²) >= 11 is 0. The lowest BCUT2D eigenvalue weighted by Crippen LogP contribution is -2.32. The fraction of sp³-hybridized carbons (Fsp3) is 0.667. The zero-order valence-electron chi connectivity index (χ0n) is 8.13. The van der Waals surface area contributed by atoms with Crippen LogP contribution in [0.25, 0.3) is 0 Å². The van der Waals surface area contributed by atoms with Gasteiger partial charge in [-0.05, 0) is 12.5 Å². The van der Waals surface area contributed by atoms with E-state index in [1.165, 1.54) is 0 Å². The Morgan fingerprint density at radius 2 is 2.38 bits per heavy atom. The van der Waals surface area contributed by atoms with E-state index in [1.54, 1.807) is 24.0 Å². The van der Waals surface area contributed by atoms with Gasteiger partial charge in [-0.3, -0.25) is 4.68 Å². The molecule has 1 unspecified atom stereocenters. The number of aryl methyl sites for hydroxylation is 1. The van der Waals surface area contributed by atoms with Crippen LogP contribution in [0.5, 0.6) is 0 Å². The van der Waals surface area contributed by atoms with Crippen LogP contribution in [0.3, 0.4) is 0 Å². The molecule has 1 aromatic heterocycles. The van der Waals surface area contributed by atoms with Crippen molar-refractivity contribution in [3.05, 3.63) is 18.0 Å². The van der Waals surface area contributed by atoms with Gasteiger partial charge < -0.3 is 5.73 Å². The molecule has 0 radical (unpaired) electrons. The van der Waals surface area contributed by atoms with Gasteiger partial charge >= 0.3 is 0 Å². The normalized spacial score (nSPS) is 15.7. The molecule has 74 valence electrons. The van der Waals surface area contributed by atoms with Crippen LogP contribution in [0.15, 0.2) is 12.3 Å². The maximum Gasteiger partial charge on any atom is 0.164 e. The lowest BCUT2D eigenvalue weighted by atomic mass is 9.96. The number of halogens is 1. The molecule has 1 aromatic rings. The fourth-order valence-electron chi connectivity index (χ4n) is 1.54. The highest BCUT2D eigenvalue weighted by Crippen LogP contribution is 2.29. The summed E-state index contributed by atoms with van der Waals surface area (Å²) in [6.45, 7) is 1.96. The summed E-state index contributed by atoms with van der Waals surface area (Å²) in [5.74, 6) is 0. The monoisotopic (exact) mass is 185 g/mol. The molecule has 3 nitrogen and oxygen atoms in total. The van der Waals surface area contributed by atoms with E-state index in [2.05, 4.69) is 5.10 Å². The van der Waals surface area contributed by atoms with Crippen molar-refractivity contribution in [1.29, 1.82) is 0 Å². The minimum absolute atomic E-state index is 0.0143. The minimum atomic E-state index is -1.42. The first-order chi connectivity index (χ1) is 6.14. The van der Waals surface area contributed by atoms with E-state index in [1.807, 2.05) is 6.92 Å². The Bertz CT molecular complexity index is 272. The molecule has 0 spiro atoms. The van der Waals surface area contributed by atoms with Gasteiger partial charge in [0, 0.05) is 19.8 Å². The third-order valence-electron chi connectivity index (χ3n) is 2.25. The van der Waals surface area contributed by atoms with Crippen molar-refractivity contribution in [1.82, 2.24) is 9.78 Å². The van der Waals surface area contributed by atoms with E-state index >= 15 is 0 Å². The molecule has 1 rings (SSSR count). The van der Waals surface area contributed by atoms with Gasteiger partial charge in [0.15, 0.2) is 5.67 Å². The predicted octanol–water partition coefficient (Wildman–Crippen LogP) is 1.34. The van der Waals surface area contributed by atoms with Gasteiger partial charge in [0.05, 0.1) is 5.69 Å². The Hall–Kier alpha value is -0.900. The zero-order chi connectivity index (χ0) is 9.90. The van der Waals surface area contributed by atoms with Crippen molar-refractivity contribution in [3.8, 4) is 0 Å². The van der Waals surface area contributed by atoms with E-state index in [0.717, 1.165) is 6.42 Å². The quantitative estimate of drug-likeness (QED) is 0.769. The highest BCUT2D eigenvalue weighted by Gasteiger charge is 2.31. The van der Waals surface area contributed by atoms with Gasteiger partial charge in [-0.2, -0.15) is 5.10 Å². The van der Waals surface area contributed by atoms with Crippen molar-refractivity contribution in [2.45, 2.75) is 25.4 Å². The van der Waals surface area contributed by atoms with Crippen LogP contribution < -0.4 is 5.73 Å². The number of rotatable bonds is 4. The summed E-state index contributed by atoms with van der Waals surface area (Å²) in [7, 11) is 1.73. The summed E-state index contributed by atoms with van der Waals surface area (Å²) < 4.78 is 15.7. The number of nitrogens with zero attached hydrogens (tertiary/aromatic N) is 2. The van der Waals surface area contributed by atoms with Crippen molar-refractivity contribution >= 4 is 0 Å². The van der Waals surface area contributed by atoms with Crippen LogP contribution in [-0.2, 0) is 12.7 Å². The molecule has 0 bridgehead atoms. The van der Waals surface area contributed by atoms with Gasteiger partial charge in [-0.1, -0.05) is 13.3 Å². The molecule has 0 fully saturated rings. The Kier molecular flexibility index (Phi) is 3.03. The summed E-state index contributed by atoms with van der Waals surface area (Å²) in [4.78, 5) is 0. The molecule has 0 amide bonds. The zero-order valence-corrected chi connectivity index (χ0v) is 8.13. The highest BCUT2D eigenvalue weighted by molar-refractivity contribution is 5.12. The van der Waals surface area contributed by atoms with E-state index in [0.29, 0.717) is 12.1 Å². The van der Waals surface area contributed by atoms with E-state index < -0.39 is 5.67 Å². The molecule has 0 aliphatic heterocycles. The molecular weight excluding hydrogens is 169 g/mol. The van der Waals surface area contributed by atoms with Crippen molar-refractivity contribution in [2.75, 3.05) is 6.54 Å². The van der Waals surface area contributed by atoms with Crippen molar-refractivity contribution in [2.24, 2.45) is 12.8 Å². The lowest BCUT2D eigenvalue weighted by Gasteiger charge is -2.22. The average Bonchev–Trinajstić information content (AvgIpc) is 2.52. The third-order valence-corrected chi connectivity index (χ3v) is 2.25. The molecule has 4 heteroatoms. The van der Waals surface area contributed by atoms with Crippen LogP contribution >= 0.6 is 0 Å². The van der Waals surface area contributed by atoms with E-state index in [4.69, 9.17) is 5.73 Å². The van der Waals surface area contributed by atoms with E-state index in [9.17, 15) is 4.39 Å². The summed E-state index contributed by atoms with van der Waals surface area (Å²) in [6.07, 6.45) is 2.82. The smallest absolute Gasteiger partial charge is 0.164 e. The first kappa shape index (κ1) is 10.2. The van der Waals surface area contributed by atoms with Gasteiger partial charge in [0.1, 0.15) is 0 Å². The molecule has 0 aliphatic rings. The second-order valence-electron chi connectivity index (χ2n) is 3.26. The maximum absolute atomic E-state index is 14.2. The third kappa shape index (κ3) is 1.88. The summed E-state index contributed by atoms with van der Waals surface area (Å²) in [5, 5.41) is 3.93. The lowest BCUT2D eigenvalue weighted by molar-refractivity contribution is 0.147. The second-order valence-corrected chi connectivity index (χ2v) is 3.26. The molecule has 0 saturated carbocycles. The van der Waals surface area contributed by atoms with Gasteiger partial charge in [-0.25, -0.2) is 4.39 Å². The van der Waals surface area contributed by atoms with Crippen LogP contribution in [0.1, 0.15) is 25.5 Å². The summed E-state index contributed by atoms with van der Waals surface area (Å²) in [6, 6.07) is 1.68. The Morgan fingerprint density at radius 1 is 1.69 bits per heavy atom. The number of alkyl halides is 1. The Balaban J connectivity index is 2.95.